The van der Waals surface area contributed by atoms with Gasteiger partial charge in [0.2, 0.25) is 0 Å². The van der Waals surface area contributed by atoms with Crippen molar-refractivity contribution < 1.29 is 5.61 Å². The van der Waals surface area contributed by atoms with Crippen LogP contribution < -0.4 is 0 Å². The molecule has 1 heterocycles. The molecule has 1 aliphatic rings. The summed E-state index contributed by atoms with van der Waals surface area (Å²) in [7, 11) is 4.11. The predicted molar refractivity (Wildman–Crippen MR) is 65.2 cm³/mol. The monoisotopic (exact) mass is 470 g/mol. The number of hydrogen-bond acceptors (Lipinski definition) is 2. The molecule has 0 atom stereocenters. The van der Waals surface area contributed by atoms with Gasteiger partial charge in [-0.2, -0.15) is 0 Å². The Kier molecular flexibility index (Phi) is 7.23. The molecule has 0 aliphatic carbocycles. The second-order valence-electron chi connectivity index (χ2n) is 2.26. The number of nitrogens with zero attached hydrogens (tertiary/aromatic N) is 2. The molecule has 0 aromatic heterocycles. The van der Waals surface area contributed by atoms with Crippen molar-refractivity contribution in [1.82, 2.24) is 9.80 Å². The van der Waals surface area contributed by atoms with Gasteiger partial charge in [-0.05, 0) is 0 Å². The first-order chi connectivity index (χ1) is 5.29. The fraction of sp³-hybridized carbons (Fsp3) is 0.600. The van der Waals surface area contributed by atoms with Crippen LogP contribution in [0.3, 0.4) is 0 Å². The summed E-state index contributed by atoms with van der Waals surface area (Å²) in [6.07, 6.45) is 4.11. The summed E-state index contributed by atoms with van der Waals surface area (Å²) < 4.78 is 0. The Morgan fingerprint density at radius 1 is 1.00 bits per heavy atom. The van der Waals surface area contributed by atoms with Crippen LogP contribution in [0.25, 0.3) is 0 Å². The first-order valence-electron chi connectivity index (χ1n) is 2.91. The molecule has 0 fully saturated rings. The van der Waals surface area contributed by atoms with E-state index in [0.29, 0.717) is 0 Å². The first-order valence-corrected chi connectivity index (χ1v) is 13.8. The zero-order valence-corrected chi connectivity index (χ0v) is 14.1. The maximum absolute atomic E-state index is 3.25. The van der Waals surface area contributed by atoms with Crippen molar-refractivity contribution in [2.45, 2.75) is 0 Å². The van der Waals surface area contributed by atoms with Gasteiger partial charge in [0, 0.05) is 26.5 Å². The van der Waals surface area contributed by atoms with Gasteiger partial charge in [-0.1, -0.05) is 0 Å². The topological polar surface area (TPSA) is 6.48 Å². The molecule has 0 amide bonds. The van der Waals surface area contributed by atoms with Gasteiger partial charge in [0.25, 0.3) is 0 Å². The molecule has 7 heteroatoms. The van der Waals surface area contributed by atoms with Crippen LogP contribution in [-0.2, 0) is 5.61 Å². The van der Waals surface area contributed by atoms with E-state index in [-0.39, 0.29) is 0 Å². The molecule has 1 rings (SSSR count). The van der Waals surface area contributed by atoms with Crippen molar-refractivity contribution in [3.63, 3.8) is 0 Å². The van der Waals surface area contributed by atoms with Crippen molar-refractivity contribution in [1.29, 1.82) is 0 Å². The number of hydrogen-bond donors (Lipinski definition) is 0. The number of halogens is 4. The van der Waals surface area contributed by atoms with E-state index in [2.05, 4.69) is 92.7 Å². The van der Waals surface area contributed by atoms with E-state index in [0.717, 1.165) is 6.67 Å². The molecule has 0 aromatic carbocycles. The first kappa shape index (κ1) is 13.8. The van der Waals surface area contributed by atoms with Crippen LogP contribution in [0.15, 0.2) is 12.4 Å². The van der Waals surface area contributed by atoms with Gasteiger partial charge in [0.15, 0.2) is 0 Å². The van der Waals surface area contributed by atoms with E-state index in [1.54, 1.807) is 0 Å². The van der Waals surface area contributed by atoms with E-state index >= 15 is 0 Å². The molecule has 0 saturated heterocycles. The summed E-state index contributed by atoms with van der Waals surface area (Å²) in [6, 6.07) is 0. The Hall–Kier alpha value is 1.78. The third kappa shape index (κ3) is 11.8. The summed E-state index contributed by atoms with van der Waals surface area (Å²) in [4.78, 5) is 4.25. The summed E-state index contributed by atoms with van der Waals surface area (Å²) >= 11 is 13.0. The van der Waals surface area contributed by atoms with E-state index in [1.807, 2.05) is 0 Å². The third-order valence-electron chi connectivity index (χ3n) is 1.02. The minimum atomic E-state index is -1.25. The molecular formula is C5H10Br4FeN2. The van der Waals surface area contributed by atoms with E-state index in [1.165, 1.54) is 0 Å². The Labute approximate surface area is 104 Å². The van der Waals surface area contributed by atoms with Crippen LogP contribution in [0.4, 0.5) is 0 Å². The van der Waals surface area contributed by atoms with Gasteiger partial charge < -0.3 is 9.80 Å². The molecule has 1 aliphatic heterocycles. The summed E-state index contributed by atoms with van der Waals surface area (Å²) in [5, 5.41) is 0. The van der Waals surface area contributed by atoms with Gasteiger partial charge in [-0.3, -0.25) is 0 Å². The zero-order chi connectivity index (χ0) is 9.78. The van der Waals surface area contributed by atoms with Gasteiger partial charge >= 0.3 is 62.1 Å². The van der Waals surface area contributed by atoms with E-state index < -0.39 is 5.61 Å². The van der Waals surface area contributed by atoms with Crippen LogP contribution in [0.2, 0.25) is 0 Å². The van der Waals surface area contributed by atoms with E-state index in [9.17, 15) is 0 Å². The molecule has 0 spiro atoms. The average Bonchev–Trinajstić information content (AvgIpc) is 2.09. The molecule has 0 saturated carbocycles. The summed E-state index contributed by atoms with van der Waals surface area (Å²) in [6.45, 7) is 1.03. The van der Waals surface area contributed by atoms with Crippen LogP contribution in [0, 0.1) is 0 Å². The Bertz CT molecular complexity index is 142. The van der Waals surface area contributed by atoms with Crippen LogP contribution in [0.1, 0.15) is 0 Å². The summed E-state index contributed by atoms with van der Waals surface area (Å²) in [5.41, 5.74) is -1.25. The van der Waals surface area contributed by atoms with Gasteiger partial charge in [-0.15, -0.1) is 0 Å². The fourth-order valence-corrected chi connectivity index (χ4v) is 0.674. The molecule has 0 aromatic rings. The Balaban J connectivity index is 0.000000217. The predicted octanol–water partition coefficient (Wildman–Crippen LogP) is 3.67. The maximum atomic E-state index is 3.25. The van der Waals surface area contributed by atoms with Gasteiger partial charge in [0.05, 0.1) is 6.67 Å². The van der Waals surface area contributed by atoms with Gasteiger partial charge in [-0.25, -0.2) is 0 Å². The van der Waals surface area contributed by atoms with Crippen molar-refractivity contribution in [2.24, 2.45) is 0 Å². The molecule has 0 N–H and O–H groups in total. The quantitative estimate of drug-likeness (QED) is 0.496. The van der Waals surface area contributed by atoms with Crippen molar-refractivity contribution in [3.8, 4) is 0 Å². The SMILES string of the molecule is CN1C=CN(C)C1.[Br][Fe]([Br])([Br])[Br]. The normalized spacial score (nSPS) is 17.5. The molecule has 0 radical (unpaired) electrons. The standard InChI is InChI=1S/C5H10N2.4BrH.Fe/c1-6-3-4-7(2)5-6;;;;;/h3-4H,5H2,1-2H3;4*1H;/q;;;;;+4/p-4. The molecule has 2 nitrogen and oxygen atoms in total. The Morgan fingerprint density at radius 3 is 1.33 bits per heavy atom. The Morgan fingerprint density at radius 2 is 1.25 bits per heavy atom. The van der Waals surface area contributed by atoms with Gasteiger partial charge in [0.1, 0.15) is 0 Å². The second-order valence-corrected chi connectivity index (χ2v) is 35.7. The van der Waals surface area contributed by atoms with Crippen LogP contribution >= 0.6 is 56.4 Å². The van der Waals surface area contributed by atoms with E-state index in [4.69, 9.17) is 0 Å². The van der Waals surface area contributed by atoms with Crippen LogP contribution in [-0.4, -0.2) is 30.6 Å². The second kappa shape index (κ2) is 6.30. The minimum absolute atomic E-state index is 1.03. The summed E-state index contributed by atoms with van der Waals surface area (Å²) in [5.74, 6) is 0. The number of rotatable bonds is 0. The van der Waals surface area contributed by atoms with Crippen molar-refractivity contribution >= 4 is 56.4 Å². The average molecular weight is 474 g/mol. The fourth-order valence-electron chi connectivity index (χ4n) is 0.674. The van der Waals surface area contributed by atoms with Crippen molar-refractivity contribution in [3.05, 3.63) is 12.4 Å². The van der Waals surface area contributed by atoms with Crippen LogP contribution in [0.5, 0.6) is 0 Å². The molecule has 76 valence electrons. The molecule has 0 bridgehead atoms. The zero-order valence-electron chi connectivity index (χ0n) is 6.62. The molecular weight excluding hydrogens is 464 g/mol. The third-order valence-corrected chi connectivity index (χ3v) is 1.02. The molecule has 0 unspecified atom stereocenters. The van der Waals surface area contributed by atoms with Crippen molar-refractivity contribution in [2.75, 3.05) is 20.8 Å². The molecule has 12 heavy (non-hydrogen) atoms.